The Morgan fingerprint density at radius 3 is 2.75 bits per heavy atom. The van der Waals surface area contributed by atoms with Crippen LogP contribution in [0.2, 0.25) is 0 Å². The third-order valence-corrected chi connectivity index (χ3v) is 5.01. The predicted octanol–water partition coefficient (Wildman–Crippen LogP) is 4.52. The Labute approximate surface area is 111 Å². The van der Waals surface area contributed by atoms with E-state index in [4.69, 9.17) is 0 Å². The molecule has 1 aromatic heterocycles. The van der Waals surface area contributed by atoms with E-state index in [0.717, 1.165) is 18.5 Å². The lowest BCUT2D eigenvalue weighted by Crippen LogP contribution is -2.27. The molecule has 0 unspecified atom stereocenters. The zero-order valence-corrected chi connectivity index (χ0v) is 12.5. The van der Waals surface area contributed by atoms with Crippen molar-refractivity contribution < 1.29 is 0 Å². The number of hydrogen-bond acceptors (Lipinski definition) is 2. The van der Waals surface area contributed by atoms with Gasteiger partial charge < -0.3 is 0 Å². The molecule has 90 valence electrons. The zero-order chi connectivity index (χ0) is 11.5. The molecule has 1 nitrogen and oxygen atoms in total. The molecule has 0 aromatic carbocycles. The van der Waals surface area contributed by atoms with Crippen molar-refractivity contribution in [3.63, 3.8) is 0 Å². The maximum atomic E-state index is 3.63. The Morgan fingerprint density at radius 1 is 1.50 bits per heavy atom. The first-order chi connectivity index (χ1) is 7.66. The van der Waals surface area contributed by atoms with Crippen LogP contribution in [0.25, 0.3) is 0 Å². The fourth-order valence-corrected chi connectivity index (χ4v) is 3.38. The van der Waals surface area contributed by atoms with Crippen LogP contribution in [0.3, 0.4) is 0 Å². The van der Waals surface area contributed by atoms with Crippen LogP contribution in [0, 0.1) is 5.92 Å². The summed E-state index contributed by atoms with van der Waals surface area (Å²) >= 11 is 5.50. The molecule has 1 saturated carbocycles. The highest BCUT2D eigenvalue weighted by Gasteiger charge is 2.29. The molecule has 1 aliphatic rings. The van der Waals surface area contributed by atoms with E-state index in [1.807, 2.05) is 11.3 Å². The number of nitrogens with zero attached hydrogens (tertiary/aromatic N) is 1. The van der Waals surface area contributed by atoms with Crippen LogP contribution in [0.1, 0.15) is 38.0 Å². The number of rotatable bonds is 6. The first-order valence-corrected chi connectivity index (χ1v) is 7.80. The van der Waals surface area contributed by atoms with E-state index in [-0.39, 0.29) is 0 Å². The van der Waals surface area contributed by atoms with Crippen LogP contribution in [0.4, 0.5) is 0 Å². The van der Waals surface area contributed by atoms with E-state index in [1.165, 1.54) is 35.2 Å². The van der Waals surface area contributed by atoms with Crippen molar-refractivity contribution in [3.05, 3.63) is 20.8 Å². The van der Waals surface area contributed by atoms with Crippen molar-refractivity contribution in [3.8, 4) is 0 Å². The summed E-state index contributed by atoms with van der Waals surface area (Å²) in [7, 11) is 0. The quantitative estimate of drug-likeness (QED) is 0.746. The second-order valence-corrected chi connectivity index (χ2v) is 6.93. The Morgan fingerprint density at radius 2 is 2.25 bits per heavy atom. The van der Waals surface area contributed by atoms with Crippen LogP contribution in [0.5, 0.6) is 0 Å². The molecule has 3 heteroatoms. The van der Waals surface area contributed by atoms with Crippen LogP contribution in [0.15, 0.2) is 15.9 Å². The smallest absolute Gasteiger partial charge is 0.0342 e. The summed E-state index contributed by atoms with van der Waals surface area (Å²) in [6.45, 7) is 7.01. The minimum Gasteiger partial charge on any atom is -0.295 e. The van der Waals surface area contributed by atoms with Gasteiger partial charge in [-0.05, 0) is 59.1 Å². The van der Waals surface area contributed by atoms with Gasteiger partial charge in [-0.15, -0.1) is 11.3 Å². The van der Waals surface area contributed by atoms with Crippen LogP contribution >= 0.6 is 27.3 Å². The van der Waals surface area contributed by atoms with Gasteiger partial charge in [0, 0.05) is 21.9 Å². The van der Waals surface area contributed by atoms with Gasteiger partial charge in [0.15, 0.2) is 0 Å². The molecular weight excluding hydrogens is 282 g/mol. The first kappa shape index (κ1) is 12.6. The Kier molecular flexibility index (Phi) is 4.45. The lowest BCUT2D eigenvalue weighted by atomic mass is 10.1. The van der Waals surface area contributed by atoms with Crippen molar-refractivity contribution in [2.45, 2.75) is 45.7 Å². The van der Waals surface area contributed by atoms with Gasteiger partial charge in [-0.25, -0.2) is 0 Å². The molecule has 0 saturated heterocycles. The van der Waals surface area contributed by atoms with E-state index >= 15 is 0 Å². The van der Waals surface area contributed by atoms with Crippen molar-refractivity contribution in [1.82, 2.24) is 4.90 Å². The van der Waals surface area contributed by atoms with Gasteiger partial charge in [0.05, 0.1) is 0 Å². The van der Waals surface area contributed by atoms with Crippen LogP contribution in [-0.2, 0) is 6.54 Å². The van der Waals surface area contributed by atoms with E-state index in [0.29, 0.717) is 0 Å². The molecule has 2 rings (SSSR count). The molecule has 0 bridgehead atoms. The Hall–Kier alpha value is 0.140. The lowest BCUT2D eigenvalue weighted by Gasteiger charge is -2.22. The highest BCUT2D eigenvalue weighted by Crippen LogP contribution is 2.32. The monoisotopic (exact) mass is 301 g/mol. The summed E-state index contributed by atoms with van der Waals surface area (Å²) in [6, 6.07) is 3.03. The molecule has 1 fully saturated rings. The number of halogens is 1. The third kappa shape index (κ3) is 3.57. The molecule has 0 N–H and O–H groups in total. The van der Waals surface area contributed by atoms with Gasteiger partial charge in [-0.1, -0.05) is 13.8 Å². The van der Waals surface area contributed by atoms with E-state index in [9.17, 15) is 0 Å². The van der Waals surface area contributed by atoms with Gasteiger partial charge in [-0.3, -0.25) is 4.90 Å². The molecule has 1 aromatic rings. The third-order valence-electron chi connectivity index (χ3n) is 3.09. The SMILES string of the molecule is CC(C)CCN(Cc1sccc1Br)C1CC1. The van der Waals surface area contributed by atoms with E-state index in [2.05, 4.69) is 46.1 Å². The van der Waals surface area contributed by atoms with Gasteiger partial charge in [0.2, 0.25) is 0 Å². The summed E-state index contributed by atoms with van der Waals surface area (Å²) in [5, 5.41) is 2.17. The van der Waals surface area contributed by atoms with Gasteiger partial charge >= 0.3 is 0 Å². The summed E-state index contributed by atoms with van der Waals surface area (Å²) in [5.74, 6) is 0.813. The molecule has 0 spiro atoms. The minimum absolute atomic E-state index is 0.813. The minimum atomic E-state index is 0.813. The maximum Gasteiger partial charge on any atom is 0.0342 e. The molecule has 16 heavy (non-hydrogen) atoms. The van der Waals surface area contributed by atoms with E-state index in [1.54, 1.807) is 0 Å². The Balaban J connectivity index is 1.90. The molecule has 0 atom stereocenters. The van der Waals surface area contributed by atoms with Crippen LogP contribution in [-0.4, -0.2) is 17.5 Å². The molecule has 0 radical (unpaired) electrons. The summed E-state index contributed by atoms with van der Waals surface area (Å²) in [4.78, 5) is 4.15. The maximum absolute atomic E-state index is 3.63. The highest BCUT2D eigenvalue weighted by atomic mass is 79.9. The average Bonchev–Trinajstić information content (AvgIpc) is 2.99. The largest absolute Gasteiger partial charge is 0.295 e. The average molecular weight is 302 g/mol. The van der Waals surface area contributed by atoms with Gasteiger partial charge in [0.1, 0.15) is 0 Å². The number of thiophene rings is 1. The fourth-order valence-electron chi connectivity index (χ4n) is 1.88. The van der Waals surface area contributed by atoms with Crippen LogP contribution < -0.4 is 0 Å². The topological polar surface area (TPSA) is 3.24 Å². The lowest BCUT2D eigenvalue weighted by molar-refractivity contribution is 0.241. The van der Waals surface area contributed by atoms with Gasteiger partial charge in [0.25, 0.3) is 0 Å². The summed E-state index contributed by atoms with van der Waals surface area (Å²) in [6.07, 6.45) is 4.13. The highest BCUT2D eigenvalue weighted by molar-refractivity contribution is 9.10. The first-order valence-electron chi connectivity index (χ1n) is 6.12. The second-order valence-electron chi connectivity index (χ2n) is 5.08. The zero-order valence-electron chi connectivity index (χ0n) is 10.1. The van der Waals surface area contributed by atoms with E-state index < -0.39 is 0 Å². The van der Waals surface area contributed by atoms with Crippen molar-refractivity contribution in [2.75, 3.05) is 6.54 Å². The molecule has 0 amide bonds. The normalized spacial score (nSPS) is 16.3. The van der Waals surface area contributed by atoms with Crippen molar-refractivity contribution in [2.24, 2.45) is 5.92 Å². The predicted molar refractivity (Wildman–Crippen MR) is 74.9 cm³/mol. The molecule has 0 aliphatic heterocycles. The van der Waals surface area contributed by atoms with Gasteiger partial charge in [-0.2, -0.15) is 0 Å². The Bertz CT molecular complexity index is 330. The second kappa shape index (κ2) is 5.65. The summed E-state index contributed by atoms with van der Waals surface area (Å²) < 4.78 is 1.28. The number of hydrogen-bond donors (Lipinski definition) is 0. The molecular formula is C13H20BrNS. The standard InChI is InChI=1S/C13H20BrNS/c1-10(2)5-7-15(11-3-4-11)9-13-12(14)6-8-16-13/h6,8,10-11H,3-5,7,9H2,1-2H3. The van der Waals surface area contributed by atoms with Crippen molar-refractivity contribution in [1.29, 1.82) is 0 Å². The molecule has 1 heterocycles. The van der Waals surface area contributed by atoms with Crippen molar-refractivity contribution >= 4 is 27.3 Å². The summed E-state index contributed by atoms with van der Waals surface area (Å²) in [5.41, 5.74) is 0. The molecule has 1 aliphatic carbocycles. The fraction of sp³-hybridized carbons (Fsp3) is 0.692.